The zero-order valence-corrected chi connectivity index (χ0v) is 32.6. The van der Waals surface area contributed by atoms with Crippen LogP contribution in [0, 0.1) is 0 Å². The zero-order valence-electron chi connectivity index (χ0n) is 32.6. The summed E-state index contributed by atoms with van der Waals surface area (Å²) in [6.07, 6.45) is 3.48. The van der Waals surface area contributed by atoms with E-state index < -0.39 is 40.5 Å². The Kier molecular flexibility index (Phi) is 10.9. The van der Waals surface area contributed by atoms with Gasteiger partial charge in [-0.1, -0.05) is 54.6 Å². The highest BCUT2D eigenvalue weighted by molar-refractivity contribution is 5.97. The predicted molar refractivity (Wildman–Crippen MR) is 205 cm³/mol. The van der Waals surface area contributed by atoms with Crippen LogP contribution in [0.4, 0.5) is 0 Å². The van der Waals surface area contributed by atoms with E-state index >= 15 is 4.79 Å². The number of rotatable bonds is 7. The van der Waals surface area contributed by atoms with Gasteiger partial charge in [-0.2, -0.15) is 0 Å². The highest BCUT2D eigenvalue weighted by Gasteiger charge is 2.54. The Morgan fingerprint density at radius 3 is 2.17 bits per heavy atom. The van der Waals surface area contributed by atoms with E-state index in [9.17, 15) is 19.2 Å². The number of amides is 3. The quantitative estimate of drug-likeness (QED) is 0.335. The predicted octanol–water partition coefficient (Wildman–Crippen LogP) is 5.10. The molecule has 1 aromatic heterocycles. The van der Waals surface area contributed by atoms with Crippen molar-refractivity contribution >= 4 is 23.7 Å². The summed E-state index contributed by atoms with van der Waals surface area (Å²) in [5, 5.41) is 2.99. The fourth-order valence-corrected chi connectivity index (χ4v) is 8.41. The van der Waals surface area contributed by atoms with Gasteiger partial charge in [0.15, 0.2) is 0 Å². The number of piperidine rings is 1. The molecule has 2 saturated heterocycles. The van der Waals surface area contributed by atoms with Crippen molar-refractivity contribution in [1.82, 2.24) is 19.7 Å². The van der Waals surface area contributed by atoms with Gasteiger partial charge in [0.2, 0.25) is 11.8 Å². The van der Waals surface area contributed by atoms with Crippen LogP contribution in [0.5, 0.6) is 0 Å². The summed E-state index contributed by atoms with van der Waals surface area (Å²) in [5.41, 5.74) is -0.261. The van der Waals surface area contributed by atoms with Crippen LogP contribution in [-0.4, -0.2) is 87.1 Å². The van der Waals surface area contributed by atoms with Crippen molar-refractivity contribution < 1.29 is 28.7 Å². The van der Waals surface area contributed by atoms with Crippen LogP contribution < -0.4 is 10.9 Å². The maximum Gasteiger partial charge on any atom is 0.329 e. The van der Waals surface area contributed by atoms with Gasteiger partial charge in [-0.25, -0.2) is 4.79 Å². The number of esters is 1. The Balaban J connectivity index is 1.28. The molecule has 1 aliphatic carbocycles. The number of carbonyl (C=O) groups excluding carboxylic acids is 4. The van der Waals surface area contributed by atoms with Crippen molar-refractivity contribution in [3.8, 4) is 0 Å². The number of hydrogen-bond acceptors (Lipinski definition) is 7. The third-order valence-electron chi connectivity index (χ3n) is 10.8. The van der Waals surface area contributed by atoms with Crippen LogP contribution in [0.1, 0.15) is 107 Å². The first-order valence-corrected chi connectivity index (χ1v) is 19.1. The second-order valence-electron chi connectivity index (χ2n) is 17.0. The third-order valence-corrected chi connectivity index (χ3v) is 10.8. The van der Waals surface area contributed by atoms with E-state index in [1.54, 1.807) is 24.2 Å². The maximum absolute atomic E-state index is 15.4. The molecule has 11 heteroatoms. The number of pyridine rings is 1. The summed E-state index contributed by atoms with van der Waals surface area (Å²) in [7, 11) is 1.61. The number of benzene rings is 2. The first-order chi connectivity index (χ1) is 25.5. The molecular formula is C43H54N4O7. The molecule has 2 aromatic carbocycles. The van der Waals surface area contributed by atoms with E-state index in [0.29, 0.717) is 45.2 Å². The van der Waals surface area contributed by atoms with Crippen molar-refractivity contribution in [3.63, 3.8) is 0 Å². The molecule has 0 radical (unpaired) electrons. The monoisotopic (exact) mass is 738 g/mol. The molecule has 0 unspecified atom stereocenters. The number of ether oxygens (including phenoxy) is 2. The maximum atomic E-state index is 15.4. The molecule has 3 aromatic rings. The van der Waals surface area contributed by atoms with E-state index in [1.165, 1.54) is 10.6 Å². The Bertz CT molecular complexity index is 1940. The Morgan fingerprint density at radius 2 is 1.50 bits per heavy atom. The molecule has 0 bridgehead atoms. The molecule has 0 saturated carbocycles. The molecule has 4 atom stereocenters. The van der Waals surface area contributed by atoms with Gasteiger partial charge < -0.3 is 29.2 Å². The van der Waals surface area contributed by atoms with Gasteiger partial charge in [-0.15, -0.1) is 0 Å². The second-order valence-corrected chi connectivity index (χ2v) is 17.0. The summed E-state index contributed by atoms with van der Waals surface area (Å²) in [4.78, 5) is 72.6. The summed E-state index contributed by atoms with van der Waals surface area (Å²) < 4.78 is 13.6. The number of aromatic nitrogens is 1. The Labute approximate surface area is 318 Å². The number of nitrogens with one attached hydrogen (secondary N) is 1. The molecule has 3 aliphatic rings. The minimum atomic E-state index is -1.16. The fourth-order valence-electron chi connectivity index (χ4n) is 8.41. The number of aryl methyl sites for hydroxylation is 1. The molecule has 6 rings (SSSR count). The van der Waals surface area contributed by atoms with Gasteiger partial charge >= 0.3 is 5.97 Å². The van der Waals surface area contributed by atoms with Gasteiger partial charge in [0.25, 0.3) is 11.5 Å². The SMILES string of the molecule is Cn1cccc(C(=O)NC2CCN(C(=O)[C@H]3CC[C@@](C(=O)N4C[C@H](OC(C)(C)C)C[C@H]4C(=O)OC(C)(C)C)(c4ccccc4)c4ccccc43)CC2)c1=O. The lowest BCUT2D eigenvalue weighted by Crippen LogP contribution is -2.54. The van der Waals surface area contributed by atoms with Crippen molar-refractivity contribution in [2.24, 2.45) is 7.05 Å². The highest BCUT2D eigenvalue weighted by atomic mass is 16.6. The first-order valence-electron chi connectivity index (χ1n) is 19.1. The number of carbonyl (C=O) groups is 4. The standard InChI is InChI=1S/C43H54N4O7/c1-41(2,3)53-30-26-35(39(51)54-42(4,5)6)47(27-30)40(52)43(28-14-9-8-10-15-28)22-19-32(31-16-11-12-18-34(31)43)38(50)46-24-20-29(21-25-46)44-36(48)33-17-13-23-45(7)37(33)49/h8-18,23,29-30,32,35H,19-22,24-27H2,1-7H3,(H,44,48)/t30-,32+,35+,43-/m1/s1. The molecule has 1 N–H and O–H groups in total. The van der Waals surface area contributed by atoms with Crippen molar-refractivity contribution in [2.45, 2.75) is 114 Å². The van der Waals surface area contributed by atoms with Crippen molar-refractivity contribution in [3.05, 3.63) is 106 Å². The van der Waals surface area contributed by atoms with E-state index in [-0.39, 0.29) is 41.6 Å². The molecule has 0 spiro atoms. The molecule has 3 amide bonds. The summed E-state index contributed by atoms with van der Waals surface area (Å²) >= 11 is 0. The molecule has 2 fully saturated rings. The van der Waals surface area contributed by atoms with E-state index in [4.69, 9.17) is 9.47 Å². The number of fused-ring (bicyclic) bond motifs is 1. The van der Waals surface area contributed by atoms with Crippen LogP contribution in [-0.2, 0) is 36.3 Å². The zero-order chi connectivity index (χ0) is 39.0. The van der Waals surface area contributed by atoms with E-state index in [2.05, 4.69) is 5.32 Å². The van der Waals surface area contributed by atoms with Crippen LogP contribution in [0.2, 0.25) is 0 Å². The topological polar surface area (TPSA) is 127 Å². The largest absolute Gasteiger partial charge is 0.458 e. The van der Waals surface area contributed by atoms with Gasteiger partial charge in [0, 0.05) is 45.3 Å². The Morgan fingerprint density at radius 1 is 0.833 bits per heavy atom. The smallest absolute Gasteiger partial charge is 0.329 e. The van der Waals surface area contributed by atoms with Gasteiger partial charge in [0.1, 0.15) is 17.2 Å². The highest BCUT2D eigenvalue weighted by Crippen LogP contribution is 2.49. The summed E-state index contributed by atoms with van der Waals surface area (Å²) in [6.45, 7) is 12.5. The lowest BCUT2D eigenvalue weighted by molar-refractivity contribution is -0.164. The fraction of sp³-hybridized carbons (Fsp3) is 0.512. The minimum Gasteiger partial charge on any atom is -0.458 e. The Hall–Kier alpha value is -4.77. The first kappa shape index (κ1) is 38.9. The number of hydrogen-bond donors (Lipinski definition) is 1. The molecule has 288 valence electrons. The molecule has 54 heavy (non-hydrogen) atoms. The molecular weight excluding hydrogens is 684 g/mol. The lowest BCUT2D eigenvalue weighted by Gasteiger charge is -2.45. The number of nitrogens with zero attached hydrogens (tertiary/aromatic N) is 3. The van der Waals surface area contributed by atoms with Gasteiger partial charge in [-0.05, 0) is 96.0 Å². The molecule has 11 nitrogen and oxygen atoms in total. The normalized spacial score (nSPS) is 23.4. The van der Waals surface area contributed by atoms with Gasteiger partial charge in [-0.3, -0.25) is 19.2 Å². The van der Waals surface area contributed by atoms with Crippen molar-refractivity contribution in [1.29, 1.82) is 0 Å². The van der Waals surface area contributed by atoms with Crippen LogP contribution in [0.3, 0.4) is 0 Å². The van der Waals surface area contributed by atoms with Crippen LogP contribution >= 0.6 is 0 Å². The van der Waals surface area contributed by atoms with E-state index in [1.807, 2.05) is 101 Å². The summed E-state index contributed by atoms with van der Waals surface area (Å²) in [6, 6.07) is 19.6. The van der Waals surface area contributed by atoms with Crippen molar-refractivity contribution in [2.75, 3.05) is 19.6 Å². The van der Waals surface area contributed by atoms with Crippen LogP contribution in [0.25, 0.3) is 0 Å². The summed E-state index contributed by atoms with van der Waals surface area (Å²) in [5.74, 6) is -1.55. The third kappa shape index (κ3) is 8.01. The average Bonchev–Trinajstić information content (AvgIpc) is 3.54. The lowest BCUT2D eigenvalue weighted by atomic mass is 9.62. The van der Waals surface area contributed by atoms with Gasteiger partial charge in [0.05, 0.1) is 23.0 Å². The van der Waals surface area contributed by atoms with Crippen LogP contribution in [0.15, 0.2) is 77.7 Å². The van der Waals surface area contributed by atoms with E-state index in [0.717, 1.165) is 16.7 Å². The molecule has 2 aliphatic heterocycles. The minimum absolute atomic E-state index is 0.00953. The average molecular weight is 739 g/mol. The number of likely N-dealkylation sites (tertiary alicyclic amines) is 2. The second kappa shape index (κ2) is 15.2. The molecule has 3 heterocycles.